The van der Waals surface area contributed by atoms with Crippen LogP contribution in [0, 0.1) is 6.92 Å². The molecule has 2 N–H and O–H groups in total. The molecule has 0 aliphatic rings. The zero-order valence-electron chi connectivity index (χ0n) is 7.57. The van der Waals surface area contributed by atoms with Crippen LogP contribution in [0.4, 0.5) is 0 Å². The summed E-state index contributed by atoms with van der Waals surface area (Å²) in [4.78, 5) is 4.10. The molecule has 0 bridgehead atoms. The summed E-state index contributed by atoms with van der Waals surface area (Å²) in [5, 5.41) is 0. The molecule has 0 fully saturated rings. The van der Waals surface area contributed by atoms with Gasteiger partial charge in [-0.05, 0) is 6.92 Å². The Hall–Kier alpha value is -0.290. The molecule has 0 aliphatic carbocycles. The minimum Gasteiger partial charge on any atom is -0.442 e. The molecule has 0 saturated carbocycles. The molecule has 1 heterocycles. The van der Waals surface area contributed by atoms with E-state index in [4.69, 9.17) is 14.9 Å². The third-order valence-electron chi connectivity index (χ3n) is 1.39. The summed E-state index contributed by atoms with van der Waals surface area (Å²) in [7, 11) is 1.60. The van der Waals surface area contributed by atoms with Crippen molar-refractivity contribution in [3.05, 3.63) is 17.3 Å². The first-order valence-electron chi connectivity index (χ1n) is 3.42. The number of aromatic nitrogens is 1. The summed E-state index contributed by atoms with van der Waals surface area (Å²) in [6.07, 6.45) is 0. The van der Waals surface area contributed by atoms with Crippen LogP contribution in [0.3, 0.4) is 0 Å². The van der Waals surface area contributed by atoms with Crippen molar-refractivity contribution >= 4 is 24.8 Å². The van der Waals surface area contributed by atoms with Crippen molar-refractivity contribution in [2.45, 2.75) is 20.1 Å². The molecule has 1 rings (SSSR count). The van der Waals surface area contributed by atoms with Crippen LogP contribution in [0.5, 0.6) is 0 Å². The summed E-state index contributed by atoms with van der Waals surface area (Å²) in [6, 6.07) is 0. The maximum Gasteiger partial charge on any atom is 0.220 e. The van der Waals surface area contributed by atoms with E-state index in [0.717, 1.165) is 11.5 Å². The molecule has 0 aromatic carbocycles. The van der Waals surface area contributed by atoms with Crippen molar-refractivity contribution < 1.29 is 9.15 Å². The number of oxazole rings is 1. The zero-order valence-corrected chi connectivity index (χ0v) is 9.20. The van der Waals surface area contributed by atoms with Gasteiger partial charge in [-0.1, -0.05) is 0 Å². The Labute approximate surface area is 89.7 Å². The number of nitrogens with zero attached hydrogens (tertiary/aromatic N) is 1. The van der Waals surface area contributed by atoms with Crippen molar-refractivity contribution in [2.75, 3.05) is 7.11 Å². The van der Waals surface area contributed by atoms with Crippen molar-refractivity contribution in [1.29, 1.82) is 0 Å². The first-order chi connectivity index (χ1) is 5.27. The Morgan fingerprint density at radius 2 is 2.08 bits per heavy atom. The molecule has 1 aromatic rings. The highest BCUT2D eigenvalue weighted by Gasteiger charge is 2.06. The number of rotatable bonds is 3. The fourth-order valence-corrected chi connectivity index (χ4v) is 0.863. The lowest BCUT2D eigenvalue weighted by Gasteiger charge is -1.89. The van der Waals surface area contributed by atoms with Gasteiger partial charge in [-0.25, -0.2) is 4.98 Å². The third-order valence-corrected chi connectivity index (χ3v) is 1.39. The number of ether oxygens (including phenoxy) is 1. The predicted molar refractivity (Wildman–Crippen MR) is 54.3 cm³/mol. The van der Waals surface area contributed by atoms with Crippen LogP contribution >= 0.6 is 24.8 Å². The van der Waals surface area contributed by atoms with E-state index in [1.165, 1.54) is 0 Å². The second kappa shape index (κ2) is 7.15. The molecule has 0 aliphatic heterocycles. The van der Waals surface area contributed by atoms with E-state index >= 15 is 0 Å². The summed E-state index contributed by atoms with van der Waals surface area (Å²) in [5.41, 5.74) is 6.23. The number of methoxy groups -OCH3 is 1. The summed E-state index contributed by atoms with van der Waals surface area (Å²) < 4.78 is 10.1. The van der Waals surface area contributed by atoms with Crippen LogP contribution in [0.2, 0.25) is 0 Å². The Morgan fingerprint density at radius 3 is 2.46 bits per heavy atom. The number of hydrogen-bond acceptors (Lipinski definition) is 4. The summed E-state index contributed by atoms with van der Waals surface area (Å²) in [5.74, 6) is 1.32. The lowest BCUT2D eigenvalue weighted by molar-refractivity contribution is 0.158. The quantitative estimate of drug-likeness (QED) is 0.851. The van der Waals surface area contributed by atoms with Gasteiger partial charge in [-0.15, -0.1) is 24.8 Å². The van der Waals surface area contributed by atoms with Gasteiger partial charge in [0.25, 0.3) is 0 Å². The number of hydrogen-bond donors (Lipinski definition) is 1. The Balaban J connectivity index is 0. The van der Waals surface area contributed by atoms with E-state index in [9.17, 15) is 0 Å². The molecule has 0 amide bonds. The molecule has 1 aromatic heterocycles. The van der Waals surface area contributed by atoms with Gasteiger partial charge >= 0.3 is 0 Å². The molecule has 0 radical (unpaired) electrons. The number of aryl methyl sites for hydroxylation is 1. The molecular formula is C7H14Cl2N2O2. The lowest BCUT2D eigenvalue weighted by Crippen LogP contribution is -1.95. The monoisotopic (exact) mass is 228 g/mol. The Bertz CT molecular complexity index is 240. The van der Waals surface area contributed by atoms with E-state index < -0.39 is 0 Å². The molecule has 13 heavy (non-hydrogen) atoms. The third kappa shape index (κ3) is 3.95. The largest absolute Gasteiger partial charge is 0.442 e. The molecule has 0 atom stereocenters. The van der Waals surface area contributed by atoms with E-state index in [1.807, 2.05) is 6.92 Å². The van der Waals surface area contributed by atoms with Crippen molar-refractivity contribution in [3.8, 4) is 0 Å². The van der Waals surface area contributed by atoms with Crippen LogP contribution in [-0.4, -0.2) is 12.1 Å². The molecule has 78 valence electrons. The van der Waals surface area contributed by atoms with Crippen molar-refractivity contribution in [3.63, 3.8) is 0 Å². The SMILES string of the molecule is COCc1nc(C)c(CN)o1.Cl.Cl. The fraction of sp³-hybridized carbons (Fsp3) is 0.571. The molecule has 0 unspecified atom stereocenters. The highest BCUT2D eigenvalue weighted by atomic mass is 35.5. The van der Waals surface area contributed by atoms with Gasteiger partial charge in [0, 0.05) is 7.11 Å². The highest BCUT2D eigenvalue weighted by molar-refractivity contribution is 5.85. The summed E-state index contributed by atoms with van der Waals surface area (Å²) >= 11 is 0. The van der Waals surface area contributed by atoms with Crippen molar-refractivity contribution in [2.24, 2.45) is 5.73 Å². The van der Waals surface area contributed by atoms with Crippen LogP contribution in [-0.2, 0) is 17.9 Å². The fourth-order valence-electron chi connectivity index (χ4n) is 0.863. The van der Waals surface area contributed by atoms with Crippen molar-refractivity contribution in [1.82, 2.24) is 4.98 Å². The average molecular weight is 229 g/mol. The molecule has 0 spiro atoms. The normalized spacial score (nSPS) is 8.85. The minimum absolute atomic E-state index is 0. The maximum absolute atomic E-state index is 5.39. The lowest BCUT2D eigenvalue weighted by atomic mass is 10.4. The van der Waals surface area contributed by atoms with Crippen LogP contribution in [0.1, 0.15) is 17.3 Å². The topological polar surface area (TPSA) is 61.3 Å². The van der Waals surface area contributed by atoms with Crippen LogP contribution in [0.25, 0.3) is 0 Å². The predicted octanol–water partition coefficient (Wildman–Crippen LogP) is 1.43. The van der Waals surface area contributed by atoms with Crippen LogP contribution in [0.15, 0.2) is 4.42 Å². The van der Waals surface area contributed by atoms with Gasteiger partial charge in [0.15, 0.2) is 0 Å². The minimum atomic E-state index is 0. The Kier molecular flexibility index (Phi) is 8.35. The van der Waals surface area contributed by atoms with Gasteiger partial charge in [0.2, 0.25) is 5.89 Å². The Morgan fingerprint density at radius 1 is 1.46 bits per heavy atom. The highest BCUT2D eigenvalue weighted by Crippen LogP contribution is 2.09. The van der Waals surface area contributed by atoms with Gasteiger partial charge < -0.3 is 14.9 Å². The van der Waals surface area contributed by atoms with Gasteiger partial charge in [-0.2, -0.15) is 0 Å². The van der Waals surface area contributed by atoms with E-state index in [1.54, 1.807) is 7.11 Å². The second-order valence-corrected chi connectivity index (χ2v) is 2.25. The molecular weight excluding hydrogens is 215 g/mol. The van der Waals surface area contributed by atoms with E-state index in [-0.39, 0.29) is 24.8 Å². The molecule has 6 heteroatoms. The standard InChI is InChI=1S/C7H12N2O2.2ClH/c1-5-6(3-8)11-7(9-5)4-10-2;;/h3-4,8H2,1-2H3;2*1H. The first-order valence-corrected chi connectivity index (χ1v) is 3.42. The number of halogens is 2. The van der Waals surface area contributed by atoms with Gasteiger partial charge in [-0.3, -0.25) is 0 Å². The van der Waals surface area contributed by atoms with Crippen LogP contribution < -0.4 is 5.73 Å². The first kappa shape index (κ1) is 15.2. The van der Waals surface area contributed by atoms with E-state index in [0.29, 0.717) is 19.0 Å². The summed E-state index contributed by atoms with van der Waals surface area (Å²) in [6.45, 7) is 2.66. The smallest absolute Gasteiger partial charge is 0.220 e. The molecule has 0 saturated heterocycles. The number of nitrogens with two attached hydrogens (primary N) is 1. The van der Waals surface area contributed by atoms with Gasteiger partial charge in [0.1, 0.15) is 12.4 Å². The van der Waals surface area contributed by atoms with E-state index in [2.05, 4.69) is 4.98 Å². The second-order valence-electron chi connectivity index (χ2n) is 2.25. The van der Waals surface area contributed by atoms with Gasteiger partial charge in [0.05, 0.1) is 12.2 Å². The zero-order chi connectivity index (χ0) is 8.27. The molecule has 4 nitrogen and oxygen atoms in total. The maximum atomic E-state index is 5.39. The average Bonchev–Trinajstić information content (AvgIpc) is 2.32.